The Morgan fingerprint density at radius 3 is 2.27 bits per heavy atom. The van der Waals surface area contributed by atoms with Gasteiger partial charge in [0.2, 0.25) is 11.3 Å². The van der Waals surface area contributed by atoms with Crippen LogP contribution in [-0.4, -0.2) is 23.4 Å². The van der Waals surface area contributed by atoms with E-state index >= 15 is 0 Å². The summed E-state index contributed by atoms with van der Waals surface area (Å²) in [4.78, 5) is 38.7. The zero-order chi connectivity index (χ0) is 23.5. The first-order chi connectivity index (χ1) is 15.9. The number of ether oxygens (including phenoxy) is 1. The summed E-state index contributed by atoms with van der Waals surface area (Å²) in [5.74, 6) is -1.58. The molecule has 166 valence electrons. The number of ketones is 1. The van der Waals surface area contributed by atoms with Gasteiger partial charge < -0.3 is 14.6 Å². The summed E-state index contributed by atoms with van der Waals surface area (Å²) in [6.45, 7) is -0.261. The third kappa shape index (κ3) is 4.64. The molecule has 0 aliphatic carbocycles. The molecule has 33 heavy (non-hydrogen) atoms. The van der Waals surface area contributed by atoms with Crippen LogP contribution in [0.5, 0.6) is 5.75 Å². The minimum absolute atomic E-state index is 0.0241. The molecule has 1 amide bonds. The first-order valence-corrected chi connectivity index (χ1v) is 9.92. The molecule has 4 aromatic rings. The molecule has 0 radical (unpaired) electrons. The lowest BCUT2D eigenvalue weighted by atomic mass is 10.0. The van der Waals surface area contributed by atoms with E-state index in [4.69, 9.17) is 4.74 Å². The van der Waals surface area contributed by atoms with E-state index in [0.29, 0.717) is 17.0 Å². The number of nitrogens with one attached hydrogen (secondary N) is 1. The molecule has 0 atom stereocenters. The Labute approximate surface area is 187 Å². The first kappa shape index (κ1) is 21.9. The van der Waals surface area contributed by atoms with Crippen LogP contribution >= 0.6 is 0 Å². The summed E-state index contributed by atoms with van der Waals surface area (Å²) in [7, 11) is 1.49. The summed E-state index contributed by atoms with van der Waals surface area (Å²) < 4.78 is 33.5. The molecule has 1 N–H and O–H groups in total. The van der Waals surface area contributed by atoms with Crippen molar-refractivity contribution in [3.63, 3.8) is 0 Å². The number of carbonyl (C=O) groups excluding carboxylic acids is 2. The topological polar surface area (TPSA) is 77.4 Å². The molecule has 1 heterocycles. The van der Waals surface area contributed by atoms with Crippen LogP contribution in [0.2, 0.25) is 0 Å². The number of hydrogen-bond acceptors (Lipinski definition) is 4. The molecule has 4 rings (SSSR count). The van der Waals surface area contributed by atoms with Gasteiger partial charge in [-0.25, -0.2) is 8.78 Å². The van der Waals surface area contributed by atoms with Crippen molar-refractivity contribution in [2.75, 3.05) is 12.4 Å². The van der Waals surface area contributed by atoms with E-state index < -0.39 is 28.8 Å². The zero-order valence-corrected chi connectivity index (χ0v) is 17.5. The molecule has 3 aromatic carbocycles. The lowest BCUT2D eigenvalue weighted by Gasteiger charge is -2.14. The van der Waals surface area contributed by atoms with Crippen LogP contribution in [0.15, 0.2) is 77.7 Å². The number of rotatable bonds is 6. The van der Waals surface area contributed by atoms with E-state index in [1.165, 1.54) is 66.4 Å². The van der Waals surface area contributed by atoms with E-state index in [1.807, 2.05) is 0 Å². The molecule has 0 aliphatic heterocycles. The maximum absolute atomic E-state index is 13.9. The van der Waals surface area contributed by atoms with Gasteiger partial charge in [0.15, 0.2) is 5.78 Å². The minimum atomic E-state index is -0.643. The number of fused-ring (bicyclic) bond motifs is 1. The Morgan fingerprint density at radius 2 is 1.61 bits per heavy atom. The van der Waals surface area contributed by atoms with Crippen LogP contribution < -0.4 is 15.5 Å². The van der Waals surface area contributed by atoms with Crippen molar-refractivity contribution in [1.29, 1.82) is 0 Å². The van der Waals surface area contributed by atoms with Crippen LogP contribution in [0.4, 0.5) is 14.5 Å². The van der Waals surface area contributed by atoms with Crippen molar-refractivity contribution < 1.29 is 23.1 Å². The molecular formula is C25H18F2N2O4. The van der Waals surface area contributed by atoms with Gasteiger partial charge in [-0.1, -0.05) is 0 Å². The minimum Gasteiger partial charge on any atom is -0.497 e. The number of methoxy groups -OCH3 is 1. The van der Waals surface area contributed by atoms with Crippen LogP contribution in [0.1, 0.15) is 15.9 Å². The van der Waals surface area contributed by atoms with Crippen molar-refractivity contribution >= 4 is 28.3 Å². The molecule has 0 bridgehead atoms. The Bertz CT molecular complexity index is 1410. The van der Waals surface area contributed by atoms with E-state index in [2.05, 4.69) is 5.32 Å². The highest BCUT2D eigenvalue weighted by Gasteiger charge is 2.19. The predicted molar refractivity (Wildman–Crippen MR) is 120 cm³/mol. The van der Waals surface area contributed by atoms with Crippen LogP contribution in [0.25, 0.3) is 10.9 Å². The second kappa shape index (κ2) is 9.04. The van der Waals surface area contributed by atoms with Crippen molar-refractivity contribution in [1.82, 2.24) is 4.57 Å². The van der Waals surface area contributed by atoms with Gasteiger partial charge in [0.1, 0.15) is 23.9 Å². The highest BCUT2D eigenvalue weighted by molar-refractivity contribution is 6.10. The second-order valence-corrected chi connectivity index (χ2v) is 7.27. The summed E-state index contributed by atoms with van der Waals surface area (Å²) in [5.41, 5.74) is 0.0774. The summed E-state index contributed by atoms with van der Waals surface area (Å²) in [6.07, 6.45) is 1.29. The van der Waals surface area contributed by atoms with Gasteiger partial charge in [0, 0.05) is 22.8 Å². The molecular weight excluding hydrogens is 430 g/mol. The van der Waals surface area contributed by atoms with E-state index in [0.717, 1.165) is 6.07 Å². The number of pyridine rings is 1. The zero-order valence-electron chi connectivity index (χ0n) is 17.5. The maximum Gasteiger partial charge on any atom is 0.244 e. The number of hydrogen-bond donors (Lipinski definition) is 1. The summed E-state index contributed by atoms with van der Waals surface area (Å²) in [6, 6.07) is 15.0. The Kier molecular flexibility index (Phi) is 5.99. The molecule has 0 unspecified atom stereocenters. The smallest absolute Gasteiger partial charge is 0.244 e. The van der Waals surface area contributed by atoms with Gasteiger partial charge >= 0.3 is 0 Å². The fourth-order valence-electron chi connectivity index (χ4n) is 3.45. The number of halogens is 2. The molecule has 0 saturated carbocycles. The third-order valence-corrected chi connectivity index (χ3v) is 5.08. The van der Waals surface area contributed by atoms with Gasteiger partial charge in [0.25, 0.3) is 0 Å². The quantitative estimate of drug-likeness (QED) is 0.450. The molecule has 0 aliphatic rings. The number of benzene rings is 3. The maximum atomic E-state index is 13.9. The SMILES string of the molecule is COc1ccc(C(=O)c2cn(CC(=O)Nc3ccc(F)cc3)c3ccc(F)cc3c2=O)cc1. The highest BCUT2D eigenvalue weighted by Crippen LogP contribution is 2.18. The number of amides is 1. The molecule has 1 aromatic heterocycles. The number of anilines is 1. The first-order valence-electron chi connectivity index (χ1n) is 9.92. The van der Waals surface area contributed by atoms with Gasteiger partial charge in [0.05, 0.1) is 18.2 Å². The van der Waals surface area contributed by atoms with Crippen molar-refractivity contribution in [2.24, 2.45) is 0 Å². The Balaban J connectivity index is 1.74. The lowest BCUT2D eigenvalue weighted by Crippen LogP contribution is -2.24. The third-order valence-electron chi connectivity index (χ3n) is 5.08. The van der Waals surface area contributed by atoms with Gasteiger partial charge in [-0.15, -0.1) is 0 Å². The normalized spacial score (nSPS) is 10.8. The van der Waals surface area contributed by atoms with Crippen molar-refractivity contribution in [3.8, 4) is 5.75 Å². The largest absolute Gasteiger partial charge is 0.497 e. The fraction of sp³-hybridized carbons (Fsp3) is 0.0800. The molecule has 0 fully saturated rings. The average molecular weight is 448 g/mol. The number of carbonyl (C=O) groups is 2. The van der Waals surface area contributed by atoms with E-state index in [1.54, 1.807) is 12.1 Å². The van der Waals surface area contributed by atoms with Crippen LogP contribution in [0.3, 0.4) is 0 Å². The molecule has 8 heteroatoms. The van der Waals surface area contributed by atoms with Crippen LogP contribution in [0, 0.1) is 11.6 Å². The second-order valence-electron chi connectivity index (χ2n) is 7.27. The summed E-state index contributed by atoms with van der Waals surface area (Å²) >= 11 is 0. The molecule has 0 spiro atoms. The number of aromatic nitrogens is 1. The van der Waals surface area contributed by atoms with Gasteiger partial charge in [-0.05, 0) is 66.7 Å². The van der Waals surface area contributed by atoms with Crippen molar-refractivity contribution in [2.45, 2.75) is 6.54 Å². The van der Waals surface area contributed by atoms with Gasteiger partial charge in [-0.3, -0.25) is 14.4 Å². The van der Waals surface area contributed by atoms with E-state index in [9.17, 15) is 23.2 Å². The fourth-order valence-corrected chi connectivity index (χ4v) is 3.45. The lowest BCUT2D eigenvalue weighted by molar-refractivity contribution is -0.116. The van der Waals surface area contributed by atoms with E-state index in [-0.39, 0.29) is 23.1 Å². The highest BCUT2D eigenvalue weighted by atomic mass is 19.1. The number of nitrogens with zero attached hydrogens (tertiary/aromatic N) is 1. The summed E-state index contributed by atoms with van der Waals surface area (Å²) in [5, 5.41) is 2.60. The Hall–Kier alpha value is -4.33. The van der Waals surface area contributed by atoms with Crippen LogP contribution in [-0.2, 0) is 11.3 Å². The van der Waals surface area contributed by atoms with Crippen molar-refractivity contribution in [3.05, 3.63) is 106 Å². The predicted octanol–water partition coefficient (Wildman–Crippen LogP) is 4.16. The molecule has 0 saturated heterocycles. The molecule has 6 nitrogen and oxygen atoms in total. The average Bonchev–Trinajstić information content (AvgIpc) is 2.82. The van der Waals surface area contributed by atoms with Gasteiger partial charge in [-0.2, -0.15) is 0 Å². The monoisotopic (exact) mass is 448 g/mol. The standard InChI is InChI=1S/C25H18F2N2O4/c1-33-19-9-2-15(3-10-19)24(31)21-13-29(22-11-6-17(27)12-20(22)25(21)32)14-23(30)28-18-7-4-16(26)5-8-18/h2-13H,14H2,1H3,(H,28,30). The Morgan fingerprint density at radius 1 is 0.939 bits per heavy atom.